The van der Waals surface area contributed by atoms with Crippen LogP contribution in [-0.4, -0.2) is 34.5 Å². The third-order valence-electron chi connectivity index (χ3n) is 4.04. The average Bonchev–Trinajstić information content (AvgIpc) is 3.21. The molecule has 1 aromatic heterocycles. The lowest BCUT2D eigenvalue weighted by Gasteiger charge is -2.32. The van der Waals surface area contributed by atoms with Gasteiger partial charge in [-0.2, -0.15) is 17.6 Å². The summed E-state index contributed by atoms with van der Waals surface area (Å²) in [6, 6.07) is 3.01. The summed E-state index contributed by atoms with van der Waals surface area (Å²) in [5.41, 5.74) is 0.295. The van der Waals surface area contributed by atoms with E-state index in [1.807, 2.05) is 0 Å². The van der Waals surface area contributed by atoms with Gasteiger partial charge in [0, 0.05) is 16.7 Å². The van der Waals surface area contributed by atoms with Crippen molar-refractivity contribution in [2.45, 2.75) is 12.2 Å². The van der Waals surface area contributed by atoms with E-state index in [1.165, 1.54) is 28.1 Å². The molecule has 160 valence electrons. The van der Waals surface area contributed by atoms with Gasteiger partial charge < -0.3 is 38.4 Å². The van der Waals surface area contributed by atoms with Gasteiger partial charge in [0.1, 0.15) is 12.4 Å². The number of alkyl halides is 4. The molecule has 1 saturated heterocycles. The van der Waals surface area contributed by atoms with Gasteiger partial charge in [0.15, 0.2) is 16.7 Å². The number of halogens is 5. The van der Waals surface area contributed by atoms with Gasteiger partial charge in [-0.25, -0.2) is 9.36 Å². The molecule has 0 spiro atoms. The first-order valence-electron chi connectivity index (χ1n) is 8.13. The van der Waals surface area contributed by atoms with E-state index >= 15 is 0 Å². The number of carbonyl (C=O) groups excluding carboxylic acids is 1. The van der Waals surface area contributed by atoms with Crippen molar-refractivity contribution in [1.82, 2.24) is 4.57 Å². The molecular formula is C17H13F4IN4O3S. The van der Waals surface area contributed by atoms with Crippen LogP contribution in [0.5, 0.6) is 11.5 Å². The van der Waals surface area contributed by atoms with E-state index in [4.69, 9.17) is 0 Å². The number of thioether (sulfide) groups is 1. The van der Waals surface area contributed by atoms with Crippen molar-refractivity contribution in [3.63, 3.8) is 0 Å². The fraction of sp³-hybridized carbons (Fsp3) is 0.235. The predicted molar refractivity (Wildman–Crippen MR) is 95.5 cm³/mol. The zero-order valence-corrected chi connectivity index (χ0v) is 18.2. The number of aromatic nitrogens is 2. The third kappa shape index (κ3) is 3.99. The van der Waals surface area contributed by atoms with E-state index in [0.29, 0.717) is 10.6 Å². The molecule has 0 bridgehead atoms. The zero-order valence-electron chi connectivity index (χ0n) is 15.2. The highest BCUT2D eigenvalue weighted by molar-refractivity contribution is 8.18. The zero-order chi connectivity index (χ0) is 21.0. The second-order valence-electron chi connectivity index (χ2n) is 6.26. The Hall–Kier alpha value is -2.29. The fourth-order valence-corrected chi connectivity index (χ4v) is 3.53. The Labute approximate surface area is 189 Å². The molecular weight excluding hydrogens is 543 g/mol. The number of aliphatic imine (C=N–C) groups is 1. The Bertz CT molecular complexity index is 1060. The maximum absolute atomic E-state index is 13.5. The highest BCUT2D eigenvalue weighted by Gasteiger charge is 2.66. The van der Waals surface area contributed by atoms with E-state index < -0.39 is 29.7 Å². The van der Waals surface area contributed by atoms with Crippen molar-refractivity contribution in [1.29, 1.82) is 0 Å². The summed E-state index contributed by atoms with van der Waals surface area (Å²) in [4.78, 5) is 18.6. The van der Waals surface area contributed by atoms with Crippen LogP contribution in [0.15, 0.2) is 53.4 Å². The number of hydrogen-bond acceptors (Lipinski definition) is 4. The molecule has 4 rings (SSSR count). The molecule has 0 atom stereocenters. The van der Waals surface area contributed by atoms with E-state index in [-0.39, 0.29) is 35.7 Å². The number of amides is 1. The van der Waals surface area contributed by atoms with Crippen molar-refractivity contribution in [2.24, 2.45) is 12.0 Å². The van der Waals surface area contributed by atoms with Gasteiger partial charge in [0.2, 0.25) is 0 Å². The lowest BCUT2D eigenvalue weighted by Crippen LogP contribution is -3.00. The first-order valence-corrected chi connectivity index (χ1v) is 8.94. The van der Waals surface area contributed by atoms with Gasteiger partial charge in [0.25, 0.3) is 6.33 Å². The SMILES string of the molecule is C=C1CN(c2ccc3c(c2)OC(F)(F)C(F)(F)O3)C(=NC(=O)n2cc[n+](C)c2)S1.[I-]. The molecule has 0 saturated carbocycles. The summed E-state index contributed by atoms with van der Waals surface area (Å²) >= 11 is 1.14. The van der Waals surface area contributed by atoms with Gasteiger partial charge in [-0.15, -0.1) is 9.56 Å². The first kappa shape index (κ1) is 22.4. The van der Waals surface area contributed by atoms with Gasteiger partial charge in [-0.3, -0.25) is 0 Å². The smallest absolute Gasteiger partial charge is 0.507 e. The molecule has 0 aliphatic carbocycles. The van der Waals surface area contributed by atoms with Crippen LogP contribution < -0.4 is 42.9 Å². The summed E-state index contributed by atoms with van der Waals surface area (Å²) in [7, 11) is 1.74. The molecule has 2 aliphatic rings. The minimum absolute atomic E-state index is 0. The Morgan fingerprint density at radius 2 is 1.90 bits per heavy atom. The van der Waals surface area contributed by atoms with Crippen molar-refractivity contribution in [2.75, 3.05) is 11.4 Å². The van der Waals surface area contributed by atoms with Crippen LogP contribution in [0.3, 0.4) is 0 Å². The molecule has 7 nitrogen and oxygen atoms in total. The second-order valence-corrected chi connectivity index (χ2v) is 7.41. The molecule has 2 aromatic rings. The largest absolute Gasteiger partial charge is 1.00 e. The predicted octanol–water partition coefficient (Wildman–Crippen LogP) is 0.365. The third-order valence-corrected chi connectivity index (χ3v) is 4.95. The number of imidazole rings is 1. The number of hydrogen-bond donors (Lipinski definition) is 0. The summed E-state index contributed by atoms with van der Waals surface area (Å²) in [5, 5.41) is 0.255. The Kier molecular flexibility index (Phi) is 5.79. The van der Waals surface area contributed by atoms with Crippen LogP contribution in [0.25, 0.3) is 0 Å². The number of amidine groups is 1. The van der Waals surface area contributed by atoms with Crippen LogP contribution in [0.2, 0.25) is 0 Å². The van der Waals surface area contributed by atoms with E-state index in [1.54, 1.807) is 17.8 Å². The number of fused-ring (bicyclic) bond motifs is 1. The van der Waals surface area contributed by atoms with E-state index in [9.17, 15) is 22.4 Å². The number of carbonyl (C=O) groups is 1. The van der Waals surface area contributed by atoms with Gasteiger partial charge in [-0.1, -0.05) is 18.3 Å². The van der Waals surface area contributed by atoms with Crippen molar-refractivity contribution < 1.29 is 60.4 Å². The lowest BCUT2D eigenvalue weighted by atomic mass is 10.2. The van der Waals surface area contributed by atoms with Crippen molar-refractivity contribution in [3.05, 3.63) is 48.4 Å². The number of ether oxygens (including phenoxy) is 2. The van der Waals surface area contributed by atoms with Crippen LogP contribution >= 0.6 is 11.8 Å². The van der Waals surface area contributed by atoms with Crippen LogP contribution in [0.4, 0.5) is 28.0 Å². The molecule has 3 heterocycles. The van der Waals surface area contributed by atoms with Crippen LogP contribution in [-0.2, 0) is 7.05 Å². The highest BCUT2D eigenvalue weighted by atomic mass is 127. The van der Waals surface area contributed by atoms with Crippen molar-refractivity contribution in [3.8, 4) is 11.5 Å². The molecule has 1 aromatic carbocycles. The normalized spacial score (nSPS) is 20.2. The minimum atomic E-state index is -4.82. The molecule has 0 unspecified atom stereocenters. The molecule has 1 fully saturated rings. The summed E-state index contributed by atoms with van der Waals surface area (Å²) in [5.74, 6) is -1.08. The maximum atomic E-state index is 13.5. The molecule has 13 heteroatoms. The Morgan fingerprint density at radius 3 is 2.53 bits per heavy atom. The summed E-state index contributed by atoms with van der Waals surface area (Å²) in [6.45, 7) is 4.08. The van der Waals surface area contributed by atoms with Crippen molar-refractivity contribution >= 4 is 28.6 Å². The number of nitrogens with zero attached hydrogens (tertiary/aromatic N) is 4. The number of benzene rings is 1. The Balaban J connectivity index is 0.00000256. The lowest BCUT2D eigenvalue weighted by molar-refractivity contribution is -0.670. The van der Waals surface area contributed by atoms with Gasteiger partial charge in [0.05, 0.1) is 13.6 Å². The highest BCUT2D eigenvalue weighted by Crippen LogP contribution is 2.48. The molecule has 30 heavy (non-hydrogen) atoms. The number of anilines is 1. The maximum Gasteiger partial charge on any atom is 0.507 e. The number of aryl methyl sites for hydroxylation is 1. The molecule has 0 radical (unpaired) electrons. The van der Waals surface area contributed by atoms with Gasteiger partial charge in [-0.05, 0) is 12.1 Å². The minimum Gasteiger partial charge on any atom is -1.00 e. The quantitative estimate of drug-likeness (QED) is 0.289. The Morgan fingerprint density at radius 1 is 1.23 bits per heavy atom. The molecule has 1 amide bonds. The summed E-state index contributed by atoms with van der Waals surface area (Å²) < 4.78 is 64.7. The van der Waals surface area contributed by atoms with Gasteiger partial charge >= 0.3 is 18.2 Å². The standard InChI is InChI=1S/C17H13F4N4O3S.HI/c1-10-8-25(15(29-10)22-14(26)24-6-5-23(2)9-24)11-3-4-12-13(7-11)28-17(20,21)16(18,19)27-12;/h3-7,9H,1,8H2,2H3;1H/q+1;/p-1. The fourth-order valence-electron chi connectivity index (χ4n) is 2.67. The second kappa shape index (κ2) is 7.76. The summed E-state index contributed by atoms with van der Waals surface area (Å²) in [6.07, 6.45) is -4.90. The van der Waals surface area contributed by atoms with Crippen LogP contribution in [0.1, 0.15) is 0 Å². The van der Waals surface area contributed by atoms with Crippen LogP contribution in [0, 0.1) is 0 Å². The topological polar surface area (TPSA) is 59.9 Å². The monoisotopic (exact) mass is 556 g/mol. The molecule has 2 aliphatic heterocycles. The first-order chi connectivity index (χ1) is 13.6. The van der Waals surface area contributed by atoms with E-state index in [2.05, 4.69) is 21.0 Å². The number of rotatable bonds is 1. The average molecular weight is 556 g/mol. The van der Waals surface area contributed by atoms with E-state index in [0.717, 1.165) is 23.9 Å². The molecule has 0 N–H and O–H groups in total.